The minimum Gasteiger partial charge on any atom is -0.454 e. The zero-order chi connectivity index (χ0) is 19.0. The van der Waals surface area contributed by atoms with E-state index in [0.29, 0.717) is 29.6 Å². The fraction of sp³-hybridized carbons (Fsp3) is 0.300. The summed E-state index contributed by atoms with van der Waals surface area (Å²) in [4.78, 5) is 26.5. The Morgan fingerprint density at radius 2 is 2.04 bits per heavy atom. The summed E-state index contributed by atoms with van der Waals surface area (Å²) in [6.45, 7) is 2.85. The Bertz CT molecular complexity index is 915. The molecule has 27 heavy (non-hydrogen) atoms. The van der Waals surface area contributed by atoms with E-state index in [0.717, 1.165) is 16.8 Å². The van der Waals surface area contributed by atoms with Crippen molar-refractivity contribution in [1.82, 2.24) is 5.32 Å². The molecule has 0 aliphatic carbocycles. The van der Waals surface area contributed by atoms with Gasteiger partial charge in [0.1, 0.15) is 0 Å². The molecule has 1 atom stereocenters. The van der Waals surface area contributed by atoms with E-state index in [4.69, 9.17) is 21.1 Å². The van der Waals surface area contributed by atoms with Gasteiger partial charge in [-0.3, -0.25) is 9.59 Å². The smallest absolute Gasteiger partial charge is 0.231 e. The molecule has 0 saturated carbocycles. The molecule has 2 amide bonds. The van der Waals surface area contributed by atoms with E-state index in [1.165, 1.54) is 0 Å². The number of ether oxygens (including phenoxy) is 2. The summed E-state index contributed by atoms with van der Waals surface area (Å²) in [6.07, 6.45) is 0.193. The predicted molar refractivity (Wildman–Crippen MR) is 101 cm³/mol. The van der Waals surface area contributed by atoms with Crippen molar-refractivity contribution in [2.75, 3.05) is 18.2 Å². The second-order valence-electron chi connectivity index (χ2n) is 6.74. The fourth-order valence-electron chi connectivity index (χ4n) is 3.27. The highest BCUT2D eigenvalue weighted by atomic mass is 35.5. The number of nitrogens with one attached hydrogen (secondary N) is 1. The average molecular weight is 387 g/mol. The number of fused-ring (bicyclic) bond motifs is 1. The molecule has 1 fully saturated rings. The van der Waals surface area contributed by atoms with Crippen LogP contribution < -0.4 is 19.7 Å². The summed E-state index contributed by atoms with van der Waals surface area (Å²) < 4.78 is 10.6. The van der Waals surface area contributed by atoms with Gasteiger partial charge in [0.15, 0.2) is 11.5 Å². The number of amides is 2. The molecule has 0 bridgehead atoms. The van der Waals surface area contributed by atoms with Crippen molar-refractivity contribution in [2.24, 2.45) is 5.92 Å². The first-order valence-electron chi connectivity index (χ1n) is 8.74. The van der Waals surface area contributed by atoms with E-state index in [2.05, 4.69) is 5.32 Å². The van der Waals surface area contributed by atoms with Gasteiger partial charge in [0, 0.05) is 30.2 Å². The van der Waals surface area contributed by atoms with E-state index in [1.54, 1.807) is 11.0 Å². The van der Waals surface area contributed by atoms with Crippen LogP contribution in [-0.2, 0) is 16.1 Å². The third kappa shape index (κ3) is 3.57. The standard InChI is InChI=1S/C20H19ClN2O4/c1-12-2-4-15(8-16(12)21)23-10-14(7-19(23)24)20(25)22-9-13-3-5-17-18(6-13)27-11-26-17/h2-6,8,14H,7,9-11H2,1H3,(H,22,25). The first kappa shape index (κ1) is 17.7. The van der Waals surface area contributed by atoms with Crippen LogP contribution >= 0.6 is 11.6 Å². The average Bonchev–Trinajstić information content (AvgIpc) is 3.28. The number of halogens is 1. The molecule has 2 aliphatic heterocycles. The number of anilines is 1. The van der Waals surface area contributed by atoms with Gasteiger partial charge in [0.05, 0.1) is 5.92 Å². The highest BCUT2D eigenvalue weighted by Gasteiger charge is 2.35. The number of hydrogen-bond acceptors (Lipinski definition) is 4. The Kier molecular flexibility index (Phi) is 4.66. The third-order valence-corrected chi connectivity index (χ3v) is 5.27. The molecule has 2 aliphatic rings. The maximum absolute atomic E-state index is 12.5. The van der Waals surface area contributed by atoms with Gasteiger partial charge >= 0.3 is 0 Å². The van der Waals surface area contributed by atoms with Gasteiger partial charge in [-0.2, -0.15) is 0 Å². The molecular formula is C20H19ClN2O4. The van der Waals surface area contributed by atoms with Gasteiger partial charge in [0.2, 0.25) is 18.6 Å². The molecule has 140 valence electrons. The maximum Gasteiger partial charge on any atom is 0.231 e. The van der Waals surface area contributed by atoms with Gasteiger partial charge in [-0.15, -0.1) is 0 Å². The van der Waals surface area contributed by atoms with Crippen LogP contribution in [0, 0.1) is 12.8 Å². The minimum atomic E-state index is -0.383. The summed E-state index contributed by atoms with van der Waals surface area (Å²) in [5.41, 5.74) is 2.59. The zero-order valence-corrected chi connectivity index (χ0v) is 15.6. The summed E-state index contributed by atoms with van der Waals surface area (Å²) in [5, 5.41) is 3.51. The number of aryl methyl sites for hydroxylation is 1. The fourth-order valence-corrected chi connectivity index (χ4v) is 3.44. The molecule has 0 aromatic heterocycles. The number of nitrogens with zero attached hydrogens (tertiary/aromatic N) is 1. The lowest BCUT2D eigenvalue weighted by Crippen LogP contribution is -2.32. The van der Waals surface area contributed by atoms with E-state index in [1.807, 2.05) is 37.3 Å². The Hall–Kier alpha value is -2.73. The van der Waals surface area contributed by atoms with Gasteiger partial charge < -0.3 is 19.7 Å². The highest BCUT2D eigenvalue weighted by Crippen LogP contribution is 2.32. The van der Waals surface area contributed by atoms with E-state index in [-0.39, 0.29) is 30.9 Å². The van der Waals surface area contributed by atoms with Crippen LogP contribution in [-0.4, -0.2) is 25.2 Å². The van der Waals surface area contributed by atoms with Gasteiger partial charge in [-0.05, 0) is 42.3 Å². The number of carbonyl (C=O) groups is 2. The van der Waals surface area contributed by atoms with E-state index >= 15 is 0 Å². The molecule has 1 saturated heterocycles. The van der Waals surface area contributed by atoms with Crippen LogP contribution in [0.25, 0.3) is 0 Å². The molecule has 4 rings (SSSR count). The quantitative estimate of drug-likeness (QED) is 0.877. The van der Waals surface area contributed by atoms with Crippen LogP contribution in [0.1, 0.15) is 17.5 Å². The van der Waals surface area contributed by atoms with Crippen molar-refractivity contribution in [3.63, 3.8) is 0 Å². The molecule has 0 spiro atoms. The second-order valence-corrected chi connectivity index (χ2v) is 7.15. The zero-order valence-electron chi connectivity index (χ0n) is 14.8. The number of benzene rings is 2. The second kappa shape index (κ2) is 7.12. The Morgan fingerprint density at radius 1 is 1.22 bits per heavy atom. The summed E-state index contributed by atoms with van der Waals surface area (Å²) >= 11 is 6.16. The molecule has 1 N–H and O–H groups in total. The maximum atomic E-state index is 12.5. The molecule has 2 heterocycles. The molecule has 1 unspecified atom stereocenters. The Morgan fingerprint density at radius 3 is 2.85 bits per heavy atom. The number of carbonyl (C=O) groups excluding carboxylic acids is 2. The third-order valence-electron chi connectivity index (χ3n) is 4.87. The van der Waals surface area contributed by atoms with E-state index < -0.39 is 0 Å². The number of hydrogen-bond donors (Lipinski definition) is 1. The van der Waals surface area contributed by atoms with Crippen molar-refractivity contribution in [1.29, 1.82) is 0 Å². The van der Waals surface area contributed by atoms with Crippen LogP contribution in [0.15, 0.2) is 36.4 Å². The Labute approximate surface area is 162 Å². The van der Waals surface area contributed by atoms with Gasteiger partial charge in [-0.25, -0.2) is 0 Å². The monoisotopic (exact) mass is 386 g/mol. The minimum absolute atomic E-state index is 0.0712. The Balaban J connectivity index is 1.38. The van der Waals surface area contributed by atoms with Gasteiger partial charge in [-0.1, -0.05) is 23.7 Å². The highest BCUT2D eigenvalue weighted by molar-refractivity contribution is 6.31. The molecule has 2 aromatic carbocycles. The summed E-state index contributed by atoms with van der Waals surface area (Å²) in [6, 6.07) is 11.1. The first-order chi connectivity index (χ1) is 13.0. The lowest BCUT2D eigenvalue weighted by molar-refractivity contribution is -0.126. The van der Waals surface area contributed by atoms with Crippen molar-refractivity contribution in [2.45, 2.75) is 19.9 Å². The van der Waals surface area contributed by atoms with Crippen LogP contribution in [0.4, 0.5) is 5.69 Å². The van der Waals surface area contributed by atoms with Crippen LogP contribution in [0.5, 0.6) is 11.5 Å². The molecule has 2 aromatic rings. The van der Waals surface area contributed by atoms with Crippen molar-refractivity contribution in [3.05, 3.63) is 52.5 Å². The lowest BCUT2D eigenvalue weighted by atomic mass is 10.1. The molecule has 6 nitrogen and oxygen atoms in total. The van der Waals surface area contributed by atoms with E-state index in [9.17, 15) is 9.59 Å². The number of rotatable bonds is 4. The topological polar surface area (TPSA) is 67.9 Å². The first-order valence-corrected chi connectivity index (χ1v) is 9.12. The molecule has 7 heteroatoms. The van der Waals surface area contributed by atoms with Crippen LogP contribution in [0.2, 0.25) is 5.02 Å². The molecule has 0 radical (unpaired) electrons. The van der Waals surface area contributed by atoms with Crippen molar-refractivity contribution < 1.29 is 19.1 Å². The van der Waals surface area contributed by atoms with Crippen LogP contribution in [0.3, 0.4) is 0 Å². The summed E-state index contributed by atoms with van der Waals surface area (Å²) in [7, 11) is 0. The lowest BCUT2D eigenvalue weighted by Gasteiger charge is -2.17. The van der Waals surface area contributed by atoms with Crippen molar-refractivity contribution >= 4 is 29.1 Å². The van der Waals surface area contributed by atoms with Crippen molar-refractivity contribution in [3.8, 4) is 11.5 Å². The molecular weight excluding hydrogens is 368 g/mol. The SMILES string of the molecule is Cc1ccc(N2CC(C(=O)NCc3ccc4c(c3)OCO4)CC2=O)cc1Cl. The predicted octanol–water partition coefficient (Wildman–Crippen LogP) is 3.05. The normalized spacial score (nSPS) is 18.1. The largest absolute Gasteiger partial charge is 0.454 e. The van der Waals surface area contributed by atoms with Gasteiger partial charge in [0.25, 0.3) is 0 Å². The summed E-state index contributed by atoms with van der Waals surface area (Å²) in [5.74, 6) is 0.797.